The van der Waals surface area contributed by atoms with Gasteiger partial charge in [0, 0.05) is 28.1 Å². The minimum absolute atomic E-state index is 1.30. The van der Waals surface area contributed by atoms with Crippen LogP contribution < -0.4 is 0 Å². The Hall–Kier alpha value is 2.10. The van der Waals surface area contributed by atoms with Gasteiger partial charge in [0.25, 0.3) is 0 Å². The average Bonchev–Trinajstić information content (AvgIpc) is 2.46. The van der Waals surface area contributed by atoms with Gasteiger partial charge in [-0.2, -0.15) is 70.6 Å². The van der Waals surface area contributed by atoms with Gasteiger partial charge in [0.1, 0.15) is 0 Å². The van der Waals surface area contributed by atoms with Crippen LogP contribution in [0.15, 0.2) is 0 Å². The second-order valence-electron chi connectivity index (χ2n) is 4.44. The van der Waals surface area contributed by atoms with Crippen LogP contribution in [0.25, 0.3) is 0 Å². The van der Waals surface area contributed by atoms with Crippen molar-refractivity contribution in [3.63, 3.8) is 0 Å². The number of rotatable bonds is 0. The molecule has 0 aliphatic carbocycles. The number of hydrogen-bond donors (Lipinski definition) is 0. The third-order valence-corrected chi connectivity index (χ3v) is 9.93. The minimum atomic E-state index is 1.30. The predicted molar refractivity (Wildman–Crippen MR) is 113 cm³/mol. The van der Waals surface area contributed by atoms with Gasteiger partial charge in [0.15, 0.2) is 0 Å². The van der Waals surface area contributed by atoms with Gasteiger partial charge in [-0.25, -0.2) is 0 Å². The summed E-state index contributed by atoms with van der Waals surface area (Å²) in [6.45, 7) is 0. The third kappa shape index (κ3) is 15.0. The van der Waals surface area contributed by atoms with Crippen LogP contribution in [0.4, 0.5) is 0 Å². The van der Waals surface area contributed by atoms with Crippen LogP contribution in [0, 0.1) is 0 Å². The zero-order valence-electron chi connectivity index (χ0n) is 12.3. The molecule has 1 aliphatic heterocycles. The van der Waals surface area contributed by atoms with Crippen LogP contribution >= 0.6 is 70.6 Å². The highest BCUT2D eigenvalue weighted by Gasteiger charge is 1.97. The van der Waals surface area contributed by atoms with E-state index < -0.39 is 0 Å². The van der Waals surface area contributed by atoms with Crippen molar-refractivity contribution in [3.8, 4) is 0 Å². The Morgan fingerprint density at radius 2 is 0.600 bits per heavy atom. The molecular weight excluding hydrogens is 361 g/mol. The summed E-state index contributed by atoms with van der Waals surface area (Å²) in [6.07, 6.45) is 4.21. The highest BCUT2D eigenvalue weighted by atomic mass is 32.2. The quantitative estimate of drug-likeness (QED) is 0.531. The van der Waals surface area contributed by atoms with E-state index in [4.69, 9.17) is 0 Å². The summed E-state index contributed by atoms with van der Waals surface area (Å²) < 4.78 is 0. The van der Waals surface area contributed by atoms with Crippen LogP contribution in [0.2, 0.25) is 0 Å². The van der Waals surface area contributed by atoms with Crippen molar-refractivity contribution in [2.45, 2.75) is 19.3 Å². The van der Waals surface area contributed by atoms with E-state index in [1.165, 1.54) is 81.9 Å². The highest BCUT2D eigenvalue weighted by molar-refractivity contribution is 8.16. The van der Waals surface area contributed by atoms with Crippen LogP contribution in [0.1, 0.15) is 19.3 Å². The molecule has 0 nitrogen and oxygen atoms in total. The molecule has 20 heavy (non-hydrogen) atoms. The molecule has 0 aromatic carbocycles. The summed E-state index contributed by atoms with van der Waals surface area (Å²) in [5.41, 5.74) is 0. The molecule has 0 radical (unpaired) electrons. The molecule has 1 aliphatic rings. The average molecular weight is 389 g/mol. The molecule has 0 N–H and O–H groups in total. The number of hydrogen-bond acceptors (Lipinski definition) is 6. The Bertz CT molecular complexity index is 104. The fraction of sp³-hybridized carbons (Fsp3) is 1.00. The fourth-order valence-electron chi connectivity index (χ4n) is 1.61. The van der Waals surface area contributed by atoms with Crippen LogP contribution in [0.3, 0.4) is 0 Å². The SMILES string of the molecule is C1CSCCCSCCSCSCCSCCCSC1. The Morgan fingerprint density at radius 1 is 0.300 bits per heavy atom. The maximum absolute atomic E-state index is 2.16. The third-order valence-electron chi connectivity index (χ3n) is 2.64. The van der Waals surface area contributed by atoms with Crippen molar-refractivity contribution >= 4 is 70.6 Å². The van der Waals surface area contributed by atoms with E-state index in [0.717, 1.165) is 0 Å². The first-order chi connectivity index (χ1) is 10.0. The van der Waals surface area contributed by atoms with E-state index in [1.807, 2.05) is 0 Å². The second-order valence-corrected chi connectivity index (χ2v) is 11.9. The maximum Gasteiger partial charge on any atom is 0.0392 e. The van der Waals surface area contributed by atoms with Gasteiger partial charge in [0.05, 0.1) is 0 Å². The van der Waals surface area contributed by atoms with E-state index in [2.05, 4.69) is 70.6 Å². The van der Waals surface area contributed by atoms with E-state index in [0.29, 0.717) is 0 Å². The molecule has 120 valence electrons. The van der Waals surface area contributed by atoms with E-state index in [1.54, 1.807) is 0 Å². The summed E-state index contributed by atoms with van der Waals surface area (Å²) in [4.78, 5) is 0. The molecule has 1 heterocycles. The van der Waals surface area contributed by atoms with Crippen molar-refractivity contribution in [2.24, 2.45) is 0 Å². The zero-order valence-corrected chi connectivity index (χ0v) is 17.2. The lowest BCUT2D eigenvalue weighted by molar-refractivity contribution is 1.08. The Balaban J connectivity index is 2.00. The lowest BCUT2D eigenvalue weighted by Crippen LogP contribution is -1.94. The van der Waals surface area contributed by atoms with Gasteiger partial charge >= 0.3 is 0 Å². The van der Waals surface area contributed by atoms with Gasteiger partial charge in [-0.3, -0.25) is 0 Å². The summed E-state index contributed by atoms with van der Waals surface area (Å²) in [5, 5.41) is 1.30. The molecule has 1 fully saturated rings. The minimum Gasteiger partial charge on any atom is -0.162 e. The van der Waals surface area contributed by atoms with Gasteiger partial charge in [-0.05, 0) is 53.8 Å². The first-order valence-corrected chi connectivity index (χ1v) is 14.4. The molecule has 0 atom stereocenters. The van der Waals surface area contributed by atoms with Crippen molar-refractivity contribution in [3.05, 3.63) is 0 Å². The molecular formula is C14H28S6. The molecule has 0 aromatic rings. The molecule has 6 heteroatoms. The molecule has 0 unspecified atom stereocenters. The standard InChI is InChI=1S/C14H28S6/c1-4-15-6-2-8-17-10-12-19-14-20-13-11-18-9-3-7-16-5-1/h1-14H2. The Labute approximate surface area is 151 Å². The summed E-state index contributed by atoms with van der Waals surface area (Å²) in [7, 11) is 0. The lowest BCUT2D eigenvalue weighted by Gasteiger charge is -2.05. The fourth-order valence-corrected chi connectivity index (χ4v) is 8.37. The normalized spacial score (nSPS) is 24.0. The largest absolute Gasteiger partial charge is 0.162 e. The molecule has 0 saturated carbocycles. The lowest BCUT2D eigenvalue weighted by atomic mass is 10.6. The van der Waals surface area contributed by atoms with Crippen LogP contribution in [-0.2, 0) is 0 Å². The zero-order chi connectivity index (χ0) is 14.1. The predicted octanol–water partition coefficient (Wildman–Crippen LogP) is 5.53. The monoisotopic (exact) mass is 388 g/mol. The van der Waals surface area contributed by atoms with Crippen molar-refractivity contribution in [1.29, 1.82) is 0 Å². The van der Waals surface area contributed by atoms with Crippen LogP contribution in [0.5, 0.6) is 0 Å². The van der Waals surface area contributed by atoms with Crippen molar-refractivity contribution in [1.82, 2.24) is 0 Å². The topological polar surface area (TPSA) is 0 Å². The molecule has 0 spiro atoms. The molecule has 0 amide bonds. The maximum atomic E-state index is 2.16. The Morgan fingerprint density at radius 3 is 1.00 bits per heavy atom. The molecule has 1 saturated heterocycles. The van der Waals surface area contributed by atoms with E-state index in [-0.39, 0.29) is 0 Å². The molecule has 1 rings (SSSR count). The summed E-state index contributed by atoms with van der Waals surface area (Å²) >= 11 is 12.9. The smallest absolute Gasteiger partial charge is 0.0392 e. The molecule has 0 bridgehead atoms. The van der Waals surface area contributed by atoms with E-state index in [9.17, 15) is 0 Å². The van der Waals surface area contributed by atoms with Gasteiger partial charge in [-0.15, -0.1) is 0 Å². The highest BCUT2D eigenvalue weighted by Crippen LogP contribution is 2.18. The van der Waals surface area contributed by atoms with E-state index >= 15 is 0 Å². The van der Waals surface area contributed by atoms with Crippen molar-refractivity contribution < 1.29 is 0 Å². The molecule has 0 aromatic heterocycles. The Kier molecular flexibility index (Phi) is 17.6. The number of thioether (sulfide) groups is 6. The summed E-state index contributed by atoms with van der Waals surface area (Å²) in [6, 6.07) is 0. The van der Waals surface area contributed by atoms with Crippen molar-refractivity contribution in [2.75, 3.05) is 62.6 Å². The first-order valence-electron chi connectivity index (χ1n) is 7.46. The second kappa shape index (κ2) is 17.5. The van der Waals surface area contributed by atoms with Crippen LogP contribution in [-0.4, -0.2) is 62.6 Å². The summed E-state index contributed by atoms with van der Waals surface area (Å²) in [5.74, 6) is 13.6. The van der Waals surface area contributed by atoms with Gasteiger partial charge < -0.3 is 0 Å². The first kappa shape index (κ1) is 20.1. The van der Waals surface area contributed by atoms with Gasteiger partial charge in [-0.1, -0.05) is 0 Å². The van der Waals surface area contributed by atoms with Gasteiger partial charge in [0.2, 0.25) is 0 Å².